The maximum Gasteiger partial charge on any atom is 0.400 e. The van der Waals surface area contributed by atoms with Gasteiger partial charge in [0, 0.05) is 34.2 Å². The van der Waals surface area contributed by atoms with Crippen molar-refractivity contribution in [3.63, 3.8) is 0 Å². The fraction of sp³-hybridized carbons (Fsp3) is 0.217. The smallest absolute Gasteiger partial charge is 0.288 e. The van der Waals surface area contributed by atoms with Gasteiger partial charge in [-0.15, -0.1) is 0 Å². The van der Waals surface area contributed by atoms with Crippen molar-refractivity contribution in [1.82, 2.24) is 0 Å². The topological polar surface area (TPSA) is 66.7 Å². The summed E-state index contributed by atoms with van der Waals surface area (Å²) in [4.78, 5) is 4.29. The molecule has 10 heteroatoms. The molecular weight excluding hydrogens is 498 g/mol. The molecule has 173 valence electrons. The largest absolute Gasteiger partial charge is 0.400 e. The van der Waals surface area contributed by atoms with Gasteiger partial charge in [-0.05, 0) is 40.1 Å². The van der Waals surface area contributed by atoms with Gasteiger partial charge in [-0.3, -0.25) is 9.55 Å². The average molecular weight is 515 g/mol. The molecule has 0 fully saturated rings. The van der Waals surface area contributed by atoms with Crippen LogP contribution >= 0.6 is 23.2 Å². The van der Waals surface area contributed by atoms with E-state index >= 15 is 0 Å². The Hall–Kier alpha value is -2.13. The first kappa shape index (κ1) is 24.0. The highest BCUT2D eigenvalue weighted by molar-refractivity contribution is 7.85. The number of hydrogen-bond acceptors (Lipinski definition) is 3. The molecule has 0 saturated heterocycles. The SMILES string of the molecule is O=S(=O)(O)C[CH]c1ccc(C2=NCC(c3cc(Cl)cc(Cl)c3)(C(F)(F)F)C2)c2ccccc12. The van der Waals surface area contributed by atoms with Crippen LogP contribution in [0.25, 0.3) is 10.8 Å². The Morgan fingerprint density at radius 1 is 1.03 bits per heavy atom. The first-order valence-electron chi connectivity index (χ1n) is 9.77. The number of benzene rings is 3. The molecule has 1 heterocycles. The Balaban J connectivity index is 1.77. The lowest BCUT2D eigenvalue weighted by molar-refractivity contribution is -0.183. The van der Waals surface area contributed by atoms with Crippen molar-refractivity contribution in [3.8, 4) is 0 Å². The number of alkyl halides is 3. The van der Waals surface area contributed by atoms with Crippen LogP contribution in [0.2, 0.25) is 10.0 Å². The molecule has 4 nitrogen and oxygen atoms in total. The second-order valence-corrected chi connectivity index (χ2v) is 10.2. The molecule has 0 amide bonds. The van der Waals surface area contributed by atoms with Gasteiger partial charge in [-0.1, -0.05) is 59.6 Å². The van der Waals surface area contributed by atoms with Gasteiger partial charge >= 0.3 is 6.18 Å². The zero-order chi connectivity index (χ0) is 24.0. The molecule has 1 atom stereocenters. The summed E-state index contributed by atoms with van der Waals surface area (Å²) < 4.78 is 74.5. The highest BCUT2D eigenvalue weighted by Crippen LogP contribution is 2.49. The molecule has 0 spiro atoms. The molecule has 1 radical (unpaired) electrons. The molecule has 3 aromatic carbocycles. The Morgan fingerprint density at radius 3 is 2.27 bits per heavy atom. The number of rotatable bonds is 5. The van der Waals surface area contributed by atoms with Crippen LogP contribution in [0.4, 0.5) is 13.2 Å². The van der Waals surface area contributed by atoms with Crippen molar-refractivity contribution in [2.75, 3.05) is 12.3 Å². The normalized spacial score (nSPS) is 19.2. The van der Waals surface area contributed by atoms with E-state index in [4.69, 9.17) is 27.8 Å². The van der Waals surface area contributed by atoms with Crippen molar-refractivity contribution in [2.45, 2.75) is 18.0 Å². The second-order valence-electron chi connectivity index (χ2n) is 7.88. The van der Waals surface area contributed by atoms with Crippen LogP contribution in [0.15, 0.2) is 59.6 Å². The molecule has 4 rings (SSSR count). The van der Waals surface area contributed by atoms with Gasteiger partial charge in [0.15, 0.2) is 0 Å². The third kappa shape index (κ3) is 4.75. The highest BCUT2D eigenvalue weighted by atomic mass is 35.5. The van der Waals surface area contributed by atoms with E-state index in [9.17, 15) is 21.6 Å². The summed E-state index contributed by atoms with van der Waals surface area (Å²) in [5.74, 6) is -0.579. The summed E-state index contributed by atoms with van der Waals surface area (Å²) >= 11 is 12.0. The van der Waals surface area contributed by atoms with E-state index in [0.717, 1.165) is 0 Å². The van der Waals surface area contributed by atoms with E-state index in [1.807, 2.05) is 0 Å². The average Bonchev–Trinajstić information content (AvgIpc) is 3.17. The number of halogens is 5. The monoisotopic (exact) mass is 514 g/mol. The van der Waals surface area contributed by atoms with Gasteiger partial charge in [0.25, 0.3) is 10.1 Å². The van der Waals surface area contributed by atoms with Gasteiger partial charge in [0.05, 0.1) is 12.3 Å². The maximum absolute atomic E-state index is 14.4. The van der Waals surface area contributed by atoms with Gasteiger partial charge in [-0.25, -0.2) is 0 Å². The summed E-state index contributed by atoms with van der Waals surface area (Å²) in [5, 5.41) is 1.48. The first-order valence-corrected chi connectivity index (χ1v) is 12.1. The standard InChI is InChI=1S/C23H17Cl2F3NO3S/c24-16-9-15(10-17(25)11-16)22(23(26,27)28)12-21(29-13-22)20-6-5-14(7-8-33(30,31)32)18-3-1-2-4-19(18)20/h1-7,9-11H,8,12-13H2,(H,30,31,32). The number of nitrogens with zero attached hydrogens (tertiary/aromatic N) is 1. The minimum atomic E-state index is -4.61. The van der Waals surface area contributed by atoms with Gasteiger partial charge in [-0.2, -0.15) is 21.6 Å². The van der Waals surface area contributed by atoms with E-state index in [1.54, 1.807) is 36.4 Å². The molecule has 0 saturated carbocycles. The van der Waals surface area contributed by atoms with Crippen LogP contribution in [0, 0.1) is 6.42 Å². The van der Waals surface area contributed by atoms with Crippen molar-refractivity contribution in [2.24, 2.45) is 4.99 Å². The summed E-state index contributed by atoms with van der Waals surface area (Å²) in [6.07, 6.45) is -3.65. The quantitative estimate of drug-likeness (QED) is 0.407. The van der Waals surface area contributed by atoms with Crippen molar-refractivity contribution >= 4 is 49.8 Å². The molecule has 1 N–H and O–H groups in total. The lowest BCUT2D eigenvalue weighted by Crippen LogP contribution is -2.43. The van der Waals surface area contributed by atoms with Crippen LogP contribution in [0.3, 0.4) is 0 Å². The lowest BCUT2D eigenvalue weighted by atomic mass is 9.76. The third-order valence-corrected chi connectivity index (χ3v) is 6.77. The molecule has 33 heavy (non-hydrogen) atoms. The van der Waals surface area contributed by atoms with E-state index in [-0.39, 0.29) is 21.3 Å². The first-order chi connectivity index (χ1) is 15.4. The Kier molecular flexibility index (Phi) is 6.24. The lowest BCUT2D eigenvalue weighted by Gasteiger charge is -2.32. The summed E-state index contributed by atoms with van der Waals surface area (Å²) in [6.45, 7) is -0.506. The highest BCUT2D eigenvalue weighted by Gasteiger charge is 2.58. The molecule has 1 aliphatic rings. The Morgan fingerprint density at radius 2 is 1.67 bits per heavy atom. The van der Waals surface area contributed by atoms with E-state index in [2.05, 4.69) is 4.99 Å². The molecular formula is C23H17Cl2F3NO3S. The predicted octanol–water partition coefficient (Wildman–Crippen LogP) is 6.28. The zero-order valence-electron chi connectivity index (χ0n) is 16.9. The summed E-state index contributed by atoms with van der Waals surface area (Å²) in [5.41, 5.74) is -0.981. The number of fused-ring (bicyclic) bond motifs is 1. The third-order valence-electron chi connectivity index (χ3n) is 5.75. The molecule has 0 aliphatic carbocycles. The molecule has 1 unspecified atom stereocenters. The Labute approximate surface area is 198 Å². The van der Waals surface area contributed by atoms with Gasteiger partial charge < -0.3 is 0 Å². The molecule has 3 aromatic rings. The van der Waals surface area contributed by atoms with Crippen LogP contribution in [-0.2, 0) is 15.5 Å². The molecule has 1 aliphatic heterocycles. The van der Waals surface area contributed by atoms with Crippen LogP contribution in [0.5, 0.6) is 0 Å². The van der Waals surface area contributed by atoms with E-state index in [0.29, 0.717) is 21.9 Å². The van der Waals surface area contributed by atoms with Crippen LogP contribution in [0.1, 0.15) is 23.1 Å². The minimum Gasteiger partial charge on any atom is -0.288 e. The van der Waals surface area contributed by atoms with E-state index < -0.39 is 40.4 Å². The van der Waals surface area contributed by atoms with E-state index in [1.165, 1.54) is 24.6 Å². The van der Waals surface area contributed by atoms with Gasteiger partial charge in [0.2, 0.25) is 0 Å². The number of hydrogen-bond donors (Lipinski definition) is 1. The van der Waals surface area contributed by atoms with Gasteiger partial charge in [0.1, 0.15) is 5.41 Å². The zero-order valence-corrected chi connectivity index (χ0v) is 19.2. The van der Waals surface area contributed by atoms with Crippen molar-refractivity contribution in [3.05, 3.63) is 87.8 Å². The summed E-state index contributed by atoms with van der Waals surface area (Å²) in [7, 11) is -4.21. The predicted molar refractivity (Wildman–Crippen MR) is 124 cm³/mol. The maximum atomic E-state index is 14.4. The summed E-state index contributed by atoms with van der Waals surface area (Å²) in [6, 6.07) is 14.1. The van der Waals surface area contributed by atoms with Crippen LogP contribution in [-0.4, -0.2) is 37.2 Å². The molecule has 0 aromatic heterocycles. The van der Waals surface area contributed by atoms with Crippen LogP contribution < -0.4 is 0 Å². The number of aliphatic imine (C=N–C) groups is 1. The Bertz CT molecular complexity index is 1350. The van der Waals surface area contributed by atoms with Crippen molar-refractivity contribution < 1.29 is 26.1 Å². The fourth-order valence-corrected chi connectivity index (χ4v) is 5.05. The molecule has 0 bridgehead atoms. The fourth-order valence-electron chi connectivity index (χ4n) is 4.13. The minimum absolute atomic E-state index is 0.0475. The van der Waals surface area contributed by atoms with Crippen molar-refractivity contribution in [1.29, 1.82) is 0 Å². The second kappa shape index (κ2) is 8.58.